The van der Waals surface area contributed by atoms with Gasteiger partial charge in [0.1, 0.15) is 13.1 Å². The molecule has 6 nitrogen and oxygen atoms in total. The Hall–Kier alpha value is -2.99. The summed E-state index contributed by atoms with van der Waals surface area (Å²) < 4.78 is 79.8. The van der Waals surface area contributed by atoms with E-state index in [0.717, 1.165) is 12.1 Å². The number of rotatable bonds is 4. The number of hydrogen-bond acceptors (Lipinski definition) is 4. The van der Waals surface area contributed by atoms with Crippen LogP contribution in [0.2, 0.25) is 10.0 Å². The molecule has 0 radical (unpaired) electrons. The number of halogens is 8. The van der Waals surface area contributed by atoms with E-state index in [2.05, 4.69) is 5.16 Å². The fourth-order valence-corrected chi connectivity index (χ4v) is 4.64. The second kappa shape index (κ2) is 9.39. The van der Waals surface area contributed by atoms with E-state index >= 15 is 0 Å². The van der Waals surface area contributed by atoms with Gasteiger partial charge >= 0.3 is 12.4 Å². The molecule has 0 bridgehead atoms. The van der Waals surface area contributed by atoms with Gasteiger partial charge in [-0.2, -0.15) is 26.3 Å². The van der Waals surface area contributed by atoms with E-state index < -0.39 is 60.7 Å². The lowest BCUT2D eigenvalue weighted by Crippen LogP contribution is -2.37. The third kappa shape index (κ3) is 5.80. The van der Waals surface area contributed by atoms with Gasteiger partial charge in [-0.3, -0.25) is 9.59 Å². The second-order valence-corrected chi connectivity index (χ2v) is 9.68. The van der Waals surface area contributed by atoms with Crippen molar-refractivity contribution >= 4 is 40.7 Å². The Morgan fingerprint density at radius 2 is 1.73 bits per heavy atom. The monoisotopic (exact) mass is 567 g/mol. The molecule has 2 aliphatic rings. The third-order valence-electron chi connectivity index (χ3n) is 5.90. The van der Waals surface area contributed by atoms with Crippen LogP contribution in [-0.4, -0.2) is 53.3 Å². The van der Waals surface area contributed by atoms with E-state index in [-0.39, 0.29) is 17.7 Å². The first-order valence-electron chi connectivity index (χ1n) is 10.6. The van der Waals surface area contributed by atoms with Crippen molar-refractivity contribution in [2.45, 2.75) is 31.3 Å². The fourth-order valence-electron chi connectivity index (χ4n) is 4.11. The molecule has 2 aromatic carbocycles. The quantitative estimate of drug-likeness (QED) is 0.435. The van der Waals surface area contributed by atoms with Crippen LogP contribution in [0.25, 0.3) is 0 Å². The highest BCUT2D eigenvalue weighted by Gasteiger charge is 2.43. The molecule has 2 heterocycles. The molecule has 1 unspecified atom stereocenters. The van der Waals surface area contributed by atoms with Crippen LogP contribution in [0.1, 0.15) is 40.4 Å². The molecule has 2 aliphatic heterocycles. The fraction of sp³-hybridized carbons (Fsp3) is 0.348. The van der Waals surface area contributed by atoms with Gasteiger partial charge in [-0.25, -0.2) is 0 Å². The third-order valence-corrected chi connectivity index (χ3v) is 6.34. The summed E-state index contributed by atoms with van der Waals surface area (Å²) in [4.78, 5) is 31.3. The van der Waals surface area contributed by atoms with Crippen molar-refractivity contribution in [2.75, 3.05) is 19.8 Å². The molecule has 0 aromatic heterocycles. The van der Waals surface area contributed by atoms with Crippen LogP contribution in [0.5, 0.6) is 0 Å². The van der Waals surface area contributed by atoms with Gasteiger partial charge in [-0.05, 0) is 37.3 Å². The standard InChI is InChI=1S/C23H17Cl2F6N3O3/c1-21(13-5-14(24)7-15(25)6-13)8-18(32-37-21)12-2-3-16(17(4-12)23(29,30)31)20(36)33-9-19(35)34(11-33)10-22(26,27)28/h2-7H,8-11H2,1H3. The lowest BCUT2D eigenvalue weighted by Gasteiger charge is -2.22. The van der Waals surface area contributed by atoms with Gasteiger partial charge in [0.15, 0.2) is 5.60 Å². The Morgan fingerprint density at radius 3 is 2.32 bits per heavy atom. The van der Waals surface area contributed by atoms with E-state index in [0.29, 0.717) is 25.4 Å². The van der Waals surface area contributed by atoms with Crippen LogP contribution in [0.4, 0.5) is 26.3 Å². The second-order valence-electron chi connectivity index (χ2n) is 8.80. The molecule has 37 heavy (non-hydrogen) atoms. The Labute approximate surface area is 216 Å². The number of carbonyl (C=O) groups excluding carboxylic acids is 2. The van der Waals surface area contributed by atoms with E-state index in [1.807, 2.05) is 0 Å². The summed E-state index contributed by atoms with van der Waals surface area (Å²) >= 11 is 12.1. The predicted molar refractivity (Wildman–Crippen MR) is 121 cm³/mol. The number of alkyl halides is 6. The van der Waals surface area contributed by atoms with E-state index in [1.165, 1.54) is 12.1 Å². The maximum absolute atomic E-state index is 13.9. The van der Waals surface area contributed by atoms with Gasteiger partial charge in [-0.1, -0.05) is 34.4 Å². The van der Waals surface area contributed by atoms with Gasteiger partial charge in [-0.15, -0.1) is 0 Å². The van der Waals surface area contributed by atoms with Crippen LogP contribution < -0.4 is 0 Å². The average molecular weight is 568 g/mol. The van der Waals surface area contributed by atoms with Crippen LogP contribution in [0.15, 0.2) is 41.6 Å². The van der Waals surface area contributed by atoms with Gasteiger partial charge in [0, 0.05) is 27.6 Å². The molecule has 2 amide bonds. The van der Waals surface area contributed by atoms with Gasteiger partial charge in [0.2, 0.25) is 5.91 Å². The number of oxime groups is 1. The van der Waals surface area contributed by atoms with Crippen molar-refractivity contribution in [3.05, 3.63) is 68.7 Å². The van der Waals surface area contributed by atoms with Crippen LogP contribution in [-0.2, 0) is 21.4 Å². The highest BCUT2D eigenvalue weighted by molar-refractivity contribution is 6.34. The highest BCUT2D eigenvalue weighted by Crippen LogP contribution is 2.40. The zero-order valence-corrected chi connectivity index (χ0v) is 20.4. The first-order valence-corrected chi connectivity index (χ1v) is 11.4. The normalized spacial score (nSPS) is 20.4. The lowest BCUT2D eigenvalue weighted by molar-refractivity contribution is -0.157. The summed E-state index contributed by atoms with van der Waals surface area (Å²) in [7, 11) is 0. The van der Waals surface area contributed by atoms with E-state index in [9.17, 15) is 35.9 Å². The molecular weight excluding hydrogens is 551 g/mol. The Morgan fingerprint density at radius 1 is 1.08 bits per heavy atom. The van der Waals surface area contributed by atoms with Crippen molar-refractivity contribution in [3.8, 4) is 0 Å². The molecule has 0 aliphatic carbocycles. The Bertz CT molecular complexity index is 1280. The lowest BCUT2D eigenvalue weighted by atomic mass is 9.88. The van der Waals surface area contributed by atoms with Crippen molar-refractivity contribution in [1.82, 2.24) is 9.80 Å². The minimum absolute atomic E-state index is 0.0249. The number of hydrogen-bond donors (Lipinski definition) is 0. The first-order chi connectivity index (χ1) is 17.1. The number of nitrogens with zero attached hydrogens (tertiary/aromatic N) is 3. The van der Waals surface area contributed by atoms with E-state index in [1.54, 1.807) is 19.1 Å². The Balaban J connectivity index is 1.60. The molecule has 198 valence electrons. The van der Waals surface area contributed by atoms with Crippen molar-refractivity contribution in [2.24, 2.45) is 5.16 Å². The van der Waals surface area contributed by atoms with Crippen molar-refractivity contribution < 1.29 is 40.8 Å². The minimum atomic E-state index is -4.99. The molecule has 1 saturated heterocycles. The Kier molecular flexibility index (Phi) is 6.87. The van der Waals surface area contributed by atoms with Gasteiger partial charge in [0.05, 0.1) is 23.5 Å². The molecule has 0 N–H and O–H groups in total. The maximum atomic E-state index is 13.9. The van der Waals surface area contributed by atoms with Crippen molar-refractivity contribution in [3.63, 3.8) is 0 Å². The molecule has 1 fully saturated rings. The number of carbonyl (C=O) groups is 2. The zero-order chi connectivity index (χ0) is 27.3. The summed E-state index contributed by atoms with van der Waals surface area (Å²) in [5.74, 6) is -2.24. The zero-order valence-electron chi connectivity index (χ0n) is 18.9. The summed E-state index contributed by atoms with van der Waals surface area (Å²) in [5, 5.41) is 4.60. The first kappa shape index (κ1) is 27.1. The number of benzene rings is 2. The van der Waals surface area contributed by atoms with E-state index in [4.69, 9.17) is 28.0 Å². The summed E-state index contributed by atoms with van der Waals surface area (Å²) in [6.07, 6.45) is -9.65. The maximum Gasteiger partial charge on any atom is 0.417 e. The average Bonchev–Trinajstić information content (AvgIpc) is 3.34. The highest BCUT2D eigenvalue weighted by atomic mass is 35.5. The van der Waals surface area contributed by atoms with Crippen molar-refractivity contribution in [1.29, 1.82) is 0 Å². The topological polar surface area (TPSA) is 62.2 Å². The summed E-state index contributed by atoms with van der Waals surface area (Å²) in [5.41, 5.74) is -2.46. The van der Waals surface area contributed by atoms with Crippen LogP contribution >= 0.6 is 23.2 Å². The SMILES string of the molecule is CC1(c2cc(Cl)cc(Cl)c2)CC(c2ccc(C(=O)N3CC(=O)N(CC(F)(F)F)C3)c(C(F)(F)F)c2)=NO1. The molecule has 4 rings (SSSR count). The summed E-state index contributed by atoms with van der Waals surface area (Å²) in [6.45, 7) is -1.51. The van der Waals surface area contributed by atoms with Crippen LogP contribution in [0.3, 0.4) is 0 Å². The molecule has 2 aromatic rings. The smallest absolute Gasteiger partial charge is 0.384 e. The summed E-state index contributed by atoms with van der Waals surface area (Å²) in [6, 6.07) is 7.55. The van der Waals surface area contributed by atoms with Crippen LogP contribution in [0, 0.1) is 0 Å². The molecular formula is C23H17Cl2F6N3O3. The molecule has 0 spiro atoms. The minimum Gasteiger partial charge on any atom is -0.384 e. The molecule has 0 saturated carbocycles. The molecule has 14 heteroatoms. The molecule has 1 atom stereocenters. The van der Waals surface area contributed by atoms with Gasteiger partial charge in [0.25, 0.3) is 5.91 Å². The number of amides is 2. The predicted octanol–water partition coefficient (Wildman–Crippen LogP) is 5.86. The van der Waals surface area contributed by atoms with Gasteiger partial charge < -0.3 is 14.6 Å². The largest absolute Gasteiger partial charge is 0.417 e.